The summed E-state index contributed by atoms with van der Waals surface area (Å²) in [5.74, 6) is 0.641. The van der Waals surface area contributed by atoms with Gasteiger partial charge in [-0.2, -0.15) is 0 Å². The molecule has 15 heavy (non-hydrogen) atoms. The highest BCUT2D eigenvalue weighted by Crippen LogP contribution is 2.12. The van der Waals surface area contributed by atoms with Gasteiger partial charge >= 0.3 is 0 Å². The van der Waals surface area contributed by atoms with Crippen molar-refractivity contribution in [2.24, 2.45) is 7.05 Å². The van der Waals surface area contributed by atoms with Gasteiger partial charge < -0.3 is 4.74 Å². The molecular formula is C11H12N2OS. The molecule has 0 radical (unpaired) electrons. The molecule has 0 N–H and O–H groups in total. The van der Waals surface area contributed by atoms with Crippen LogP contribution in [0.4, 0.5) is 0 Å². The highest BCUT2D eigenvalue weighted by atomic mass is 32.1. The van der Waals surface area contributed by atoms with E-state index < -0.39 is 0 Å². The lowest BCUT2D eigenvalue weighted by Crippen LogP contribution is -1.96. The van der Waals surface area contributed by atoms with Crippen LogP contribution in [0.5, 0.6) is 5.88 Å². The maximum atomic E-state index is 5.50. The van der Waals surface area contributed by atoms with Gasteiger partial charge in [0, 0.05) is 24.2 Å². The molecule has 0 aliphatic rings. The molecule has 3 nitrogen and oxygen atoms in total. The lowest BCUT2D eigenvalue weighted by atomic mass is 10.2. The second-order valence-electron chi connectivity index (χ2n) is 3.29. The van der Waals surface area contributed by atoms with Crippen LogP contribution >= 0.6 is 12.6 Å². The summed E-state index contributed by atoms with van der Waals surface area (Å²) in [6, 6.07) is 9.71. The Bertz CT molecular complexity index is 453. The van der Waals surface area contributed by atoms with Crippen molar-refractivity contribution in [2.75, 3.05) is 0 Å². The second kappa shape index (κ2) is 4.40. The molecular weight excluding hydrogens is 208 g/mol. The van der Waals surface area contributed by atoms with Crippen LogP contribution in [0.3, 0.4) is 0 Å². The summed E-state index contributed by atoms with van der Waals surface area (Å²) in [5, 5.41) is 4.12. The fourth-order valence-electron chi connectivity index (χ4n) is 1.27. The Kier molecular flexibility index (Phi) is 2.97. The molecule has 4 heteroatoms. The van der Waals surface area contributed by atoms with Crippen molar-refractivity contribution < 1.29 is 4.74 Å². The Morgan fingerprint density at radius 3 is 2.93 bits per heavy atom. The fourth-order valence-corrected chi connectivity index (χ4v) is 1.53. The summed E-state index contributed by atoms with van der Waals surface area (Å²) >= 11 is 4.26. The first-order valence-corrected chi connectivity index (χ1v) is 5.09. The predicted octanol–water partition coefficient (Wildman–Crippen LogP) is 2.29. The van der Waals surface area contributed by atoms with Gasteiger partial charge in [-0.15, -0.1) is 17.7 Å². The van der Waals surface area contributed by atoms with Crippen molar-refractivity contribution in [1.29, 1.82) is 0 Å². The van der Waals surface area contributed by atoms with E-state index in [0.717, 1.165) is 10.5 Å². The Labute approximate surface area is 94.1 Å². The van der Waals surface area contributed by atoms with E-state index in [2.05, 4.69) is 17.7 Å². The zero-order valence-corrected chi connectivity index (χ0v) is 9.32. The molecule has 1 heterocycles. The van der Waals surface area contributed by atoms with Crippen LogP contribution in [0.2, 0.25) is 0 Å². The van der Waals surface area contributed by atoms with Crippen molar-refractivity contribution in [3.8, 4) is 5.88 Å². The van der Waals surface area contributed by atoms with E-state index in [9.17, 15) is 0 Å². The number of ether oxygens (including phenoxy) is 1. The zero-order chi connectivity index (χ0) is 10.7. The van der Waals surface area contributed by atoms with Crippen LogP contribution in [0.15, 0.2) is 41.4 Å². The van der Waals surface area contributed by atoms with Gasteiger partial charge in [0.15, 0.2) is 0 Å². The topological polar surface area (TPSA) is 27.1 Å². The molecule has 1 aromatic heterocycles. The lowest BCUT2D eigenvalue weighted by Gasteiger charge is -2.03. The molecule has 0 spiro atoms. The van der Waals surface area contributed by atoms with Gasteiger partial charge in [0.05, 0.1) is 0 Å². The van der Waals surface area contributed by atoms with Gasteiger partial charge in [0.2, 0.25) is 5.88 Å². The minimum Gasteiger partial charge on any atom is -0.472 e. The molecule has 0 fully saturated rings. The third-order valence-electron chi connectivity index (χ3n) is 1.99. The fraction of sp³-hybridized carbons (Fsp3) is 0.182. The Morgan fingerprint density at radius 2 is 2.27 bits per heavy atom. The molecule has 2 rings (SSSR count). The van der Waals surface area contributed by atoms with Gasteiger partial charge in [-0.3, -0.25) is 4.68 Å². The molecule has 0 saturated heterocycles. The average molecular weight is 220 g/mol. The smallest absolute Gasteiger partial charge is 0.233 e. The minimum atomic E-state index is 0.519. The number of hydrogen-bond donors (Lipinski definition) is 1. The number of hydrogen-bond acceptors (Lipinski definition) is 3. The maximum absolute atomic E-state index is 5.50. The molecule has 1 aromatic carbocycles. The number of thiol groups is 1. The molecule has 0 aliphatic heterocycles. The molecule has 0 saturated carbocycles. The van der Waals surface area contributed by atoms with E-state index in [4.69, 9.17) is 4.74 Å². The molecule has 0 aliphatic carbocycles. The van der Waals surface area contributed by atoms with E-state index >= 15 is 0 Å². The van der Waals surface area contributed by atoms with Gasteiger partial charge in [-0.25, -0.2) is 0 Å². The second-order valence-corrected chi connectivity index (χ2v) is 3.80. The molecule has 2 aromatic rings. The van der Waals surface area contributed by atoms with Crippen molar-refractivity contribution in [3.63, 3.8) is 0 Å². The monoisotopic (exact) mass is 220 g/mol. The van der Waals surface area contributed by atoms with Gasteiger partial charge in [0.1, 0.15) is 6.61 Å². The largest absolute Gasteiger partial charge is 0.472 e. The Morgan fingerprint density at radius 1 is 1.40 bits per heavy atom. The van der Waals surface area contributed by atoms with E-state index in [0.29, 0.717) is 12.5 Å². The number of aromatic nitrogens is 2. The summed E-state index contributed by atoms with van der Waals surface area (Å²) in [4.78, 5) is 0.942. The summed E-state index contributed by atoms with van der Waals surface area (Å²) < 4.78 is 7.21. The third kappa shape index (κ3) is 2.76. The van der Waals surface area contributed by atoms with Crippen LogP contribution in [-0.4, -0.2) is 9.78 Å². The van der Waals surface area contributed by atoms with Crippen molar-refractivity contribution in [3.05, 3.63) is 42.1 Å². The Balaban J connectivity index is 1.99. The van der Waals surface area contributed by atoms with E-state index in [-0.39, 0.29) is 0 Å². The number of rotatable bonds is 3. The number of aryl methyl sites for hydroxylation is 1. The van der Waals surface area contributed by atoms with E-state index in [1.807, 2.05) is 43.6 Å². The lowest BCUT2D eigenvalue weighted by molar-refractivity contribution is 0.290. The first-order chi connectivity index (χ1) is 7.24. The standard InChI is InChI=1S/C11H12N2OS/c1-13-6-5-11(12-13)14-8-9-3-2-4-10(15)7-9/h2-7,15H,8H2,1H3. The predicted molar refractivity (Wildman–Crippen MR) is 61.2 cm³/mol. The molecule has 0 atom stereocenters. The van der Waals surface area contributed by atoms with Crippen LogP contribution in [0, 0.1) is 0 Å². The highest BCUT2D eigenvalue weighted by Gasteiger charge is 1.98. The maximum Gasteiger partial charge on any atom is 0.233 e. The Hall–Kier alpha value is -1.42. The van der Waals surface area contributed by atoms with Crippen molar-refractivity contribution >= 4 is 12.6 Å². The first kappa shape index (κ1) is 10.1. The van der Waals surface area contributed by atoms with Crippen LogP contribution in [0.25, 0.3) is 0 Å². The quantitative estimate of drug-likeness (QED) is 0.803. The van der Waals surface area contributed by atoms with Gasteiger partial charge in [0.25, 0.3) is 0 Å². The normalized spacial score (nSPS) is 10.3. The average Bonchev–Trinajstić information content (AvgIpc) is 2.62. The zero-order valence-electron chi connectivity index (χ0n) is 8.42. The minimum absolute atomic E-state index is 0.519. The summed E-state index contributed by atoms with van der Waals surface area (Å²) in [6.45, 7) is 0.519. The highest BCUT2D eigenvalue weighted by molar-refractivity contribution is 7.80. The van der Waals surface area contributed by atoms with Crippen molar-refractivity contribution in [2.45, 2.75) is 11.5 Å². The van der Waals surface area contributed by atoms with E-state index in [1.54, 1.807) is 4.68 Å². The molecule has 0 bridgehead atoms. The van der Waals surface area contributed by atoms with Gasteiger partial charge in [-0.05, 0) is 17.7 Å². The third-order valence-corrected chi connectivity index (χ3v) is 2.26. The first-order valence-electron chi connectivity index (χ1n) is 4.64. The summed E-state index contributed by atoms with van der Waals surface area (Å²) in [6.07, 6.45) is 1.85. The number of benzene rings is 1. The molecule has 0 unspecified atom stereocenters. The van der Waals surface area contributed by atoms with Crippen LogP contribution in [-0.2, 0) is 13.7 Å². The van der Waals surface area contributed by atoms with Crippen LogP contribution in [0.1, 0.15) is 5.56 Å². The SMILES string of the molecule is Cn1ccc(OCc2cccc(S)c2)n1. The van der Waals surface area contributed by atoms with Gasteiger partial charge in [-0.1, -0.05) is 12.1 Å². The van der Waals surface area contributed by atoms with Crippen LogP contribution < -0.4 is 4.74 Å². The summed E-state index contributed by atoms with van der Waals surface area (Å²) in [5.41, 5.74) is 1.09. The van der Waals surface area contributed by atoms with Crippen molar-refractivity contribution in [1.82, 2.24) is 9.78 Å². The summed E-state index contributed by atoms with van der Waals surface area (Å²) in [7, 11) is 1.86. The molecule has 78 valence electrons. The van der Waals surface area contributed by atoms with E-state index in [1.165, 1.54) is 0 Å². The molecule has 0 amide bonds. The number of nitrogens with zero attached hydrogens (tertiary/aromatic N) is 2.